The number of para-hydroxylation sites is 2. The molecular formula is C18H19FN2O5S. The van der Waals surface area contributed by atoms with Crippen molar-refractivity contribution in [2.24, 2.45) is 0 Å². The van der Waals surface area contributed by atoms with Gasteiger partial charge < -0.3 is 14.4 Å². The number of amides is 1. The van der Waals surface area contributed by atoms with Crippen LogP contribution in [0.1, 0.15) is 0 Å². The van der Waals surface area contributed by atoms with Gasteiger partial charge in [0.25, 0.3) is 0 Å². The maximum atomic E-state index is 13.6. The molecule has 1 amide bonds. The predicted octanol–water partition coefficient (Wildman–Crippen LogP) is 1.88. The Morgan fingerprint density at radius 1 is 1.30 bits per heavy atom. The van der Waals surface area contributed by atoms with Crippen LogP contribution in [0.3, 0.4) is 0 Å². The summed E-state index contributed by atoms with van der Waals surface area (Å²) in [5.41, 5.74) is 0.586. The lowest BCUT2D eigenvalue weighted by Gasteiger charge is -2.30. The summed E-state index contributed by atoms with van der Waals surface area (Å²) in [7, 11) is -1.56. The number of ether oxygens (including phenoxy) is 2. The van der Waals surface area contributed by atoms with Crippen LogP contribution in [0.5, 0.6) is 11.5 Å². The fourth-order valence-electron chi connectivity index (χ4n) is 2.81. The van der Waals surface area contributed by atoms with Crippen molar-refractivity contribution < 1.29 is 27.1 Å². The van der Waals surface area contributed by atoms with E-state index in [1.54, 1.807) is 24.3 Å². The Labute approximate surface area is 157 Å². The molecule has 1 aliphatic rings. The van der Waals surface area contributed by atoms with E-state index in [4.69, 9.17) is 9.47 Å². The molecule has 1 aliphatic heterocycles. The number of methoxy groups -OCH3 is 1. The van der Waals surface area contributed by atoms with Gasteiger partial charge in [-0.15, -0.1) is 0 Å². The zero-order chi connectivity index (χ0) is 19.6. The highest BCUT2D eigenvalue weighted by molar-refractivity contribution is 7.89. The SMILES string of the molecule is COc1ccc(F)cc1S(=O)(=O)N(C)CC(=O)N1CCOc2ccccc21. The van der Waals surface area contributed by atoms with Crippen molar-refractivity contribution in [3.8, 4) is 11.5 Å². The van der Waals surface area contributed by atoms with E-state index in [0.717, 1.165) is 16.4 Å². The number of halogens is 1. The normalized spacial score (nSPS) is 13.9. The van der Waals surface area contributed by atoms with E-state index in [0.29, 0.717) is 24.6 Å². The molecule has 2 aromatic carbocycles. The second-order valence-corrected chi connectivity index (χ2v) is 7.93. The van der Waals surface area contributed by atoms with Gasteiger partial charge in [-0.3, -0.25) is 4.79 Å². The molecule has 0 fully saturated rings. The maximum Gasteiger partial charge on any atom is 0.247 e. The van der Waals surface area contributed by atoms with Crippen molar-refractivity contribution in [3.63, 3.8) is 0 Å². The lowest BCUT2D eigenvalue weighted by Crippen LogP contribution is -2.44. The molecule has 0 saturated heterocycles. The highest BCUT2D eigenvalue weighted by atomic mass is 32.2. The largest absolute Gasteiger partial charge is 0.495 e. The lowest BCUT2D eigenvalue weighted by atomic mass is 10.2. The lowest BCUT2D eigenvalue weighted by molar-refractivity contribution is -0.118. The summed E-state index contributed by atoms with van der Waals surface area (Å²) in [4.78, 5) is 13.9. The predicted molar refractivity (Wildman–Crippen MR) is 97.1 cm³/mol. The Hall–Kier alpha value is -2.65. The number of rotatable bonds is 5. The highest BCUT2D eigenvalue weighted by Gasteiger charge is 2.30. The van der Waals surface area contributed by atoms with Crippen molar-refractivity contribution in [2.75, 3.05) is 38.8 Å². The van der Waals surface area contributed by atoms with Crippen LogP contribution in [0.15, 0.2) is 47.4 Å². The zero-order valence-electron chi connectivity index (χ0n) is 14.9. The smallest absolute Gasteiger partial charge is 0.247 e. The number of benzene rings is 2. The van der Waals surface area contributed by atoms with Crippen molar-refractivity contribution in [1.29, 1.82) is 0 Å². The molecule has 0 N–H and O–H groups in total. The number of anilines is 1. The van der Waals surface area contributed by atoms with Gasteiger partial charge in [-0.05, 0) is 30.3 Å². The molecule has 0 bridgehead atoms. The molecule has 0 aliphatic carbocycles. The summed E-state index contributed by atoms with van der Waals surface area (Å²) in [6.45, 7) is 0.223. The second-order valence-electron chi connectivity index (χ2n) is 5.92. The number of sulfonamides is 1. The van der Waals surface area contributed by atoms with Crippen LogP contribution in [0.25, 0.3) is 0 Å². The second kappa shape index (κ2) is 7.53. The van der Waals surface area contributed by atoms with Gasteiger partial charge in [0.1, 0.15) is 28.8 Å². The van der Waals surface area contributed by atoms with Crippen LogP contribution in [0.2, 0.25) is 0 Å². The third kappa shape index (κ3) is 3.74. The Morgan fingerprint density at radius 2 is 2.04 bits per heavy atom. The van der Waals surface area contributed by atoms with E-state index >= 15 is 0 Å². The molecule has 7 nitrogen and oxygen atoms in total. The van der Waals surface area contributed by atoms with E-state index in [-0.39, 0.29) is 10.6 Å². The molecule has 9 heteroatoms. The van der Waals surface area contributed by atoms with E-state index in [9.17, 15) is 17.6 Å². The fourth-order valence-corrected chi connectivity index (χ4v) is 4.09. The number of carbonyl (C=O) groups is 1. The van der Waals surface area contributed by atoms with E-state index in [2.05, 4.69) is 0 Å². The van der Waals surface area contributed by atoms with Crippen LogP contribution in [-0.4, -0.2) is 52.5 Å². The molecule has 2 aromatic rings. The summed E-state index contributed by atoms with van der Waals surface area (Å²) < 4.78 is 50.6. The van der Waals surface area contributed by atoms with Gasteiger partial charge in [0.05, 0.1) is 25.9 Å². The first-order valence-corrected chi connectivity index (χ1v) is 9.60. The summed E-state index contributed by atoms with van der Waals surface area (Å²) >= 11 is 0. The molecule has 0 aromatic heterocycles. The van der Waals surface area contributed by atoms with Gasteiger partial charge in [0, 0.05) is 7.05 Å². The Balaban J connectivity index is 1.84. The van der Waals surface area contributed by atoms with Crippen LogP contribution in [0.4, 0.5) is 10.1 Å². The van der Waals surface area contributed by atoms with Crippen LogP contribution < -0.4 is 14.4 Å². The van der Waals surface area contributed by atoms with Gasteiger partial charge in [-0.2, -0.15) is 4.31 Å². The summed E-state index contributed by atoms with van der Waals surface area (Å²) in [6, 6.07) is 10.2. The van der Waals surface area contributed by atoms with Crippen molar-refractivity contribution in [1.82, 2.24) is 4.31 Å². The van der Waals surface area contributed by atoms with Crippen LogP contribution in [-0.2, 0) is 14.8 Å². The van der Waals surface area contributed by atoms with Gasteiger partial charge in [0.15, 0.2) is 0 Å². The average Bonchev–Trinajstić information content (AvgIpc) is 2.67. The molecule has 0 unspecified atom stereocenters. The third-order valence-electron chi connectivity index (χ3n) is 4.20. The minimum Gasteiger partial charge on any atom is -0.495 e. The van der Waals surface area contributed by atoms with Gasteiger partial charge in [-0.1, -0.05) is 12.1 Å². The molecule has 0 saturated carbocycles. The first-order valence-electron chi connectivity index (χ1n) is 8.16. The van der Waals surface area contributed by atoms with E-state index in [1.165, 1.54) is 25.1 Å². The quantitative estimate of drug-likeness (QED) is 0.774. The summed E-state index contributed by atoms with van der Waals surface area (Å²) in [5.74, 6) is -0.551. The Bertz CT molecular complexity index is 964. The average molecular weight is 394 g/mol. The van der Waals surface area contributed by atoms with Crippen LogP contribution >= 0.6 is 0 Å². The molecule has 0 spiro atoms. The summed E-state index contributed by atoms with van der Waals surface area (Å²) in [5, 5.41) is 0. The number of fused-ring (bicyclic) bond motifs is 1. The van der Waals surface area contributed by atoms with Crippen molar-refractivity contribution in [2.45, 2.75) is 4.90 Å². The van der Waals surface area contributed by atoms with Crippen molar-refractivity contribution in [3.05, 3.63) is 48.3 Å². The zero-order valence-corrected chi connectivity index (χ0v) is 15.7. The number of nitrogens with zero attached hydrogens (tertiary/aromatic N) is 2. The molecular weight excluding hydrogens is 375 g/mol. The first kappa shape index (κ1) is 19.1. The number of hydrogen-bond donors (Lipinski definition) is 0. The Morgan fingerprint density at radius 3 is 2.78 bits per heavy atom. The van der Waals surface area contributed by atoms with Crippen molar-refractivity contribution >= 4 is 21.6 Å². The standard InChI is InChI=1S/C18H19FN2O5S/c1-20(27(23,24)17-11-13(19)7-8-16(17)25-2)12-18(22)21-9-10-26-15-6-4-3-5-14(15)21/h3-8,11H,9-10,12H2,1-2H3. The summed E-state index contributed by atoms with van der Waals surface area (Å²) in [6.07, 6.45) is 0. The van der Waals surface area contributed by atoms with Gasteiger partial charge >= 0.3 is 0 Å². The number of carbonyl (C=O) groups excluding carboxylic acids is 1. The minimum absolute atomic E-state index is 0.00687. The first-order chi connectivity index (χ1) is 12.8. The number of hydrogen-bond acceptors (Lipinski definition) is 5. The maximum absolute atomic E-state index is 13.6. The topological polar surface area (TPSA) is 76.2 Å². The van der Waals surface area contributed by atoms with Gasteiger partial charge in [0.2, 0.25) is 15.9 Å². The molecule has 144 valence electrons. The monoisotopic (exact) mass is 394 g/mol. The number of likely N-dealkylation sites (N-methyl/N-ethyl adjacent to an activating group) is 1. The van der Waals surface area contributed by atoms with Gasteiger partial charge in [-0.25, -0.2) is 12.8 Å². The molecule has 0 atom stereocenters. The van der Waals surface area contributed by atoms with E-state index in [1.807, 2.05) is 0 Å². The van der Waals surface area contributed by atoms with Crippen LogP contribution in [0, 0.1) is 5.82 Å². The highest BCUT2D eigenvalue weighted by Crippen LogP contribution is 2.31. The fraction of sp³-hybridized carbons (Fsp3) is 0.278. The van der Waals surface area contributed by atoms with E-state index < -0.39 is 28.3 Å². The Kier molecular flexibility index (Phi) is 5.33. The minimum atomic E-state index is -4.13. The molecule has 27 heavy (non-hydrogen) atoms. The third-order valence-corrected chi connectivity index (χ3v) is 6.03. The molecule has 0 radical (unpaired) electrons. The molecule has 3 rings (SSSR count). The molecule has 1 heterocycles.